The maximum atomic E-state index is 14.7. The number of aromatic nitrogens is 2. The fourth-order valence-corrected chi connectivity index (χ4v) is 5.06. The van der Waals surface area contributed by atoms with Crippen LogP contribution < -0.4 is 20.5 Å². The topological polar surface area (TPSA) is 137 Å². The Morgan fingerprint density at radius 1 is 1.18 bits per heavy atom. The second kappa shape index (κ2) is 11.4. The number of carbonyl (C=O) groups excluding carboxylic acids is 2. The Morgan fingerprint density at radius 3 is 2.47 bits per heavy atom. The van der Waals surface area contributed by atoms with E-state index < -0.39 is 53.2 Å². The van der Waals surface area contributed by atoms with Crippen LogP contribution in [0.25, 0.3) is 22.2 Å². The van der Waals surface area contributed by atoms with Crippen LogP contribution in [0.1, 0.15) is 34.1 Å². The highest BCUT2D eigenvalue weighted by Gasteiger charge is 2.48. The minimum Gasteiger partial charge on any atom is -0.494 e. The van der Waals surface area contributed by atoms with E-state index in [2.05, 4.69) is 15.3 Å². The number of pyridine rings is 2. The Kier molecular flexibility index (Phi) is 8.08. The van der Waals surface area contributed by atoms with Crippen molar-refractivity contribution in [3.63, 3.8) is 0 Å². The number of ether oxygens (including phenoxy) is 2. The van der Waals surface area contributed by atoms with Gasteiger partial charge in [-0.05, 0) is 43.3 Å². The minimum atomic E-state index is -4.65. The van der Waals surface area contributed by atoms with E-state index in [0.29, 0.717) is 10.9 Å². The zero-order valence-electron chi connectivity index (χ0n) is 23.5. The molecule has 4 N–H and O–H groups in total. The van der Waals surface area contributed by atoms with Crippen LogP contribution in [0.5, 0.6) is 11.5 Å². The lowest BCUT2D eigenvalue weighted by Crippen LogP contribution is -2.47. The van der Waals surface area contributed by atoms with Crippen LogP contribution in [-0.2, 0) is 22.0 Å². The van der Waals surface area contributed by atoms with Crippen molar-refractivity contribution in [2.24, 2.45) is 5.73 Å². The summed E-state index contributed by atoms with van der Waals surface area (Å²) >= 11 is 6.02. The van der Waals surface area contributed by atoms with Crippen LogP contribution in [0, 0.1) is 0 Å². The first-order valence-electron chi connectivity index (χ1n) is 13.2. The molecule has 0 bridgehead atoms. The van der Waals surface area contributed by atoms with Gasteiger partial charge in [-0.25, -0.2) is 13.8 Å². The van der Waals surface area contributed by atoms with Gasteiger partial charge in [0.2, 0.25) is 5.91 Å². The van der Waals surface area contributed by atoms with Crippen LogP contribution in [0.15, 0.2) is 54.7 Å². The highest BCUT2D eigenvalue weighted by Crippen LogP contribution is 2.46. The molecule has 2 atom stereocenters. The van der Waals surface area contributed by atoms with Crippen molar-refractivity contribution in [1.29, 1.82) is 0 Å². The number of hydrogen-bond acceptors (Lipinski definition) is 7. The maximum Gasteiger partial charge on any atom is 0.416 e. The van der Waals surface area contributed by atoms with Gasteiger partial charge in [0.1, 0.15) is 34.7 Å². The molecule has 5 rings (SSSR count). The van der Waals surface area contributed by atoms with Gasteiger partial charge in [0.15, 0.2) is 5.60 Å². The van der Waals surface area contributed by atoms with Gasteiger partial charge in [-0.2, -0.15) is 13.2 Å². The third-order valence-corrected chi connectivity index (χ3v) is 7.83. The molecule has 0 saturated heterocycles. The SMILES string of the molecule is COc1cc(C(=O)NC[C@](O)(c2cc3c(c(-c4ccc(C(F)(F)F)cc4)n2)OC[C@]3(C)C(N)=O)C(F)F)cc2cc(Cl)cnc12. The summed E-state index contributed by atoms with van der Waals surface area (Å²) in [6.07, 6.45) is -6.81. The molecule has 15 heteroatoms. The number of halogens is 6. The molecular formula is C30H24ClF5N4O5. The van der Waals surface area contributed by atoms with Crippen LogP contribution in [0.2, 0.25) is 5.02 Å². The first-order chi connectivity index (χ1) is 21.1. The smallest absolute Gasteiger partial charge is 0.416 e. The van der Waals surface area contributed by atoms with Gasteiger partial charge in [0, 0.05) is 28.3 Å². The lowest BCUT2D eigenvalue weighted by Gasteiger charge is -2.29. The van der Waals surface area contributed by atoms with Gasteiger partial charge in [0.05, 0.1) is 29.9 Å². The van der Waals surface area contributed by atoms with Gasteiger partial charge >= 0.3 is 6.18 Å². The van der Waals surface area contributed by atoms with Gasteiger partial charge in [0.25, 0.3) is 12.3 Å². The summed E-state index contributed by atoms with van der Waals surface area (Å²) in [5.41, 5.74) is -0.595. The standard InChI is InChI=1S/C30H24ClF5N4O5/c1-28(27(37)42)13-45-24-19(28)10-21(40-23(24)14-3-5-17(6-4-14)30(34,35)36)29(43,26(32)33)12-39-25(41)16-7-15-8-18(31)11-38-22(15)20(9-16)44-2/h3-11,26,43H,12-13H2,1-2H3,(H2,37,42)(H,39,41)/t28-,29-/m0/s1. The summed E-state index contributed by atoms with van der Waals surface area (Å²) in [6.45, 7) is 0.00584. The van der Waals surface area contributed by atoms with Crippen molar-refractivity contribution in [2.75, 3.05) is 20.3 Å². The highest BCUT2D eigenvalue weighted by atomic mass is 35.5. The van der Waals surface area contributed by atoms with E-state index >= 15 is 0 Å². The molecule has 236 valence electrons. The number of methoxy groups -OCH3 is 1. The van der Waals surface area contributed by atoms with Crippen molar-refractivity contribution in [3.05, 3.63) is 82.1 Å². The second-order valence-corrected chi connectivity index (χ2v) is 11.0. The fraction of sp³-hybridized carbons (Fsp3) is 0.267. The number of aliphatic hydroxyl groups is 1. The first-order valence-corrected chi connectivity index (χ1v) is 13.5. The van der Waals surface area contributed by atoms with Gasteiger partial charge in [-0.1, -0.05) is 23.7 Å². The summed E-state index contributed by atoms with van der Waals surface area (Å²) in [4.78, 5) is 33.9. The molecule has 4 aromatic rings. The first kappa shape index (κ1) is 31.9. The van der Waals surface area contributed by atoms with Crippen molar-refractivity contribution in [1.82, 2.24) is 15.3 Å². The van der Waals surface area contributed by atoms with Crippen molar-refractivity contribution < 1.29 is 46.1 Å². The summed E-state index contributed by atoms with van der Waals surface area (Å²) in [5, 5.41) is 14.3. The third kappa shape index (κ3) is 5.71. The highest BCUT2D eigenvalue weighted by molar-refractivity contribution is 6.31. The Hall–Kier alpha value is -4.56. The van der Waals surface area contributed by atoms with E-state index in [0.717, 1.165) is 30.3 Å². The van der Waals surface area contributed by atoms with E-state index in [1.165, 1.54) is 38.4 Å². The number of hydrogen-bond donors (Lipinski definition) is 3. The van der Waals surface area contributed by atoms with Crippen molar-refractivity contribution in [3.8, 4) is 22.8 Å². The lowest BCUT2D eigenvalue weighted by molar-refractivity contribution is -0.137. The number of nitrogens with zero attached hydrogens (tertiary/aromatic N) is 2. The molecule has 9 nitrogen and oxygen atoms in total. The third-order valence-electron chi connectivity index (χ3n) is 7.62. The predicted octanol–water partition coefficient (Wildman–Crippen LogP) is 5.00. The Morgan fingerprint density at radius 2 is 1.87 bits per heavy atom. The van der Waals surface area contributed by atoms with Crippen LogP contribution in [0.3, 0.4) is 0 Å². The normalized spacial score (nSPS) is 17.5. The number of nitrogens with one attached hydrogen (secondary N) is 1. The van der Waals surface area contributed by atoms with Crippen LogP contribution >= 0.6 is 11.6 Å². The monoisotopic (exact) mass is 650 g/mol. The largest absolute Gasteiger partial charge is 0.494 e. The van der Waals surface area contributed by atoms with Crippen molar-refractivity contribution >= 4 is 34.3 Å². The van der Waals surface area contributed by atoms with Crippen LogP contribution in [-0.4, -0.2) is 53.6 Å². The predicted molar refractivity (Wildman–Crippen MR) is 152 cm³/mol. The average Bonchev–Trinajstić information content (AvgIpc) is 3.35. The molecule has 2 aromatic carbocycles. The number of carbonyl (C=O) groups is 2. The van der Waals surface area contributed by atoms with Gasteiger partial charge < -0.3 is 25.6 Å². The number of amides is 2. The van der Waals surface area contributed by atoms with E-state index in [-0.39, 0.29) is 45.5 Å². The van der Waals surface area contributed by atoms with Gasteiger partial charge in [-0.15, -0.1) is 0 Å². The average molecular weight is 651 g/mol. The summed E-state index contributed by atoms with van der Waals surface area (Å²) < 4.78 is 79.9. The molecular weight excluding hydrogens is 627 g/mol. The molecule has 0 aliphatic carbocycles. The zero-order chi connectivity index (χ0) is 32.9. The van der Waals surface area contributed by atoms with E-state index in [4.69, 9.17) is 26.8 Å². The Balaban J connectivity index is 1.56. The number of primary amides is 1. The number of benzene rings is 2. The number of rotatable bonds is 8. The fourth-order valence-electron chi connectivity index (χ4n) is 4.89. The molecule has 3 heterocycles. The van der Waals surface area contributed by atoms with Gasteiger partial charge in [-0.3, -0.25) is 14.6 Å². The number of fused-ring (bicyclic) bond motifs is 2. The molecule has 0 fully saturated rings. The molecule has 0 radical (unpaired) electrons. The van der Waals surface area contributed by atoms with E-state index in [1.807, 2.05) is 0 Å². The quantitative estimate of drug-likeness (QED) is 0.229. The minimum absolute atomic E-state index is 0.0102. The molecule has 45 heavy (non-hydrogen) atoms. The number of alkyl halides is 5. The molecule has 1 aliphatic heterocycles. The van der Waals surface area contributed by atoms with E-state index in [9.17, 15) is 36.6 Å². The maximum absolute atomic E-state index is 14.7. The molecule has 2 aromatic heterocycles. The summed E-state index contributed by atoms with van der Waals surface area (Å²) in [6, 6.07) is 8.90. The number of nitrogens with two attached hydrogens (primary N) is 1. The van der Waals surface area contributed by atoms with Crippen molar-refractivity contribution in [2.45, 2.75) is 30.5 Å². The zero-order valence-corrected chi connectivity index (χ0v) is 24.3. The molecule has 0 spiro atoms. The summed E-state index contributed by atoms with van der Waals surface area (Å²) in [7, 11) is 1.35. The lowest BCUT2D eigenvalue weighted by atomic mass is 9.82. The molecule has 1 aliphatic rings. The Labute approximate surface area is 257 Å². The molecule has 0 saturated carbocycles. The van der Waals surface area contributed by atoms with Crippen LogP contribution in [0.4, 0.5) is 22.0 Å². The molecule has 0 unspecified atom stereocenters. The summed E-state index contributed by atoms with van der Waals surface area (Å²) in [5.74, 6) is -1.63. The molecule has 2 amide bonds. The van der Waals surface area contributed by atoms with E-state index in [1.54, 1.807) is 0 Å². The second-order valence-electron chi connectivity index (χ2n) is 10.6. The Bertz CT molecular complexity index is 1820.